The highest BCUT2D eigenvalue weighted by Gasteiger charge is 2.03. The Morgan fingerprint density at radius 3 is 2.60 bits per heavy atom. The second kappa shape index (κ2) is 6.01. The molecule has 1 aromatic heterocycles. The monoisotopic (exact) mass is 272 g/mol. The molecule has 0 saturated carbocycles. The normalized spacial score (nSPS) is 11.4. The van der Waals surface area contributed by atoms with Gasteiger partial charge in [-0.25, -0.2) is 4.79 Å². The van der Waals surface area contributed by atoms with E-state index in [0.29, 0.717) is 0 Å². The van der Waals surface area contributed by atoms with Crippen LogP contribution in [0.1, 0.15) is 29.8 Å². The number of aryl methyl sites for hydroxylation is 1. The number of benzene rings is 1. The Labute approximate surface area is 116 Å². The van der Waals surface area contributed by atoms with E-state index in [1.165, 1.54) is 12.1 Å². The molecule has 0 fully saturated rings. The minimum Gasteiger partial charge on any atom is -0.478 e. The zero-order chi connectivity index (χ0) is 14.5. The maximum absolute atomic E-state index is 10.7. The second-order valence-electron chi connectivity index (χ2n) is 4.28. The highest BCUT2D eigenvalue weighted by Crippen LogP contribution is 2.10. The Bertz CT molecular complexity index is 629. The van der Waals surface area contributed by atoms with Gasteiger partial charge in [-0.15, -0.1) is 0 Å². The van der Waals surface area contributed by atoms with Crippen molar-refractivity contribution in [1.29, 1.82) is 0 Å². The van der Waals surface area contributed by atoms with Crippen LogP contribution in [0.25, 0.3) is 0 Å². The fraction of sp³-hybridized carbons (Fsp3) is 0.214. The first-order valence-electron chi connectivity index (χ1n) is 6.26. The van der Waals surface area contributed by atoms with Gasteiger partial charge in [0, 0.05) is 18.3 Å². The van der Waals surface area contributed by atoms with Gasteiger partial charge in [-0.2, -0.15) is 10.2 Å². The quantitative estimate of drug-likeness (QED) is 0.647. The first-order valence-corrected chi connectivity index (χ1v) is 6.26. The number of nitrogens with one attached hydrogen (secondary N) is 1. The van der Waals surface area contributed by atoms with Crippen LogP contribution in [0.3, 0.4) is 0 Å². The zero-order valence-corrected chi connectivity index (χ0v) is 11.4. The fourth-order valence-electron chi connectivity index (χ4n) is 1.62. The summed E-state index contributed by atoms with van der Waals surface area (Å²) >= 11 is 0. The number of carboxylic acids is 1. The predicted molar refractivity (Wildman–Crippen MR) is 77.1 cm³/mol. The molecular formula is C14H16N4O2. The molecule has 0 radical (unpaired) electrons. The molecule has 2 rings (SSSR count). The molecule has 2 aromatic rings. The van der Waals surface area contributed by atoms with Crippen LogP contribution in [0.5, 0.6) is 0 Å². The van der Waals surface area contributed by atoms with E-state index in [0.717, 1.165) is 23.5 Å². The molecule has 0 spiro atoms. The van der Waals surface area contributed by atoms with Crippen LogP contribution < -0.4 is 5.43 Å². The molecule has 0 aliphatic heterocycles. The first kappa shape index (κ1) is 13.8. The maximum atomic E-state index is 10.7. The third-order valence-corrected chi connectivity index (χ3v) is 2.86. The van der Waals surface area contributed by atoms with Crippen LogP contribution in [0.2, 0.25) is 0 Å². The highest BCUT2D eigenvalue weighted by atomic mass is 16.4. The van der Waals surface area contributed by atoms with E-state index in [2.05, 4.69) is 15.6 Å². The minimum absolute atomic E-state index is 0.250. The van der Waals surface area contributed by atoms with Crippen molar-refractivity contribution in [1.82, 2.24) is 9.78 Å². The maximum Gasteiger partial charge on any atom is 0.335 e. The largest absolute Gasteiger partial charge is 0.478 e. The number of carbonyl (C=O) groups is 1. The molecule has 0 bridgehead atoms. The lowest BCUT2D eigenvalue weighted by Crippen LogP contribution is -2.00. The number of anilines is 1. The number of hydrogen-bond donors (Lipinski definition) is 2. The van der Waals surface area contributed by atoms with E-state index in [9.17, 15) is 4.79 Å². The van der Waals surface area contributed by atoms with Gasteiger partial charge in [0.05, 0.1) is 23.2 Å². The number of carboxylic acid groups (broad SMARTS) is 1. The summed E-state index contributed by atoms with van der Waals surface area (Å²) in [6, 6.07) is 6.42. The summed E-state index contributed by atoms with van der Waals surface area (Å²) in [5.74, 6) is -0.941. The fourth-order valence-corrected chi connectivity index (χ4v) is 1.62. The van der Waals surface area contributed by atoms with Crippen LogP contribution in [-0.4, -0.2) is 26.6 Å². The van der Waals surface area contributed by atoms with Crippen molar-refractivity contribution in [3.05, 3.63) is 47.8 Å². The molecule has 1 aromatic carbocycles. The lowest BCUT2D eigenvalue weighted by Gasteiger charge is -2.02. The van der Waals surface area contributed by atoms with Crippen molar-refractivity contribution < 1.29 is 9.90 Å². The Morgan fingerprint density at radius 1 is 1.35 bits per heavy atom. The number of hydrogen-bond acceptors (Lipinski definition) is 4. The van der Waals surface area contributed by atoms with E-state index in [1.54, 1.807) is 18.3 Å². The van der Waals surface area contributed by atoms with Crippen molar-refractivity contribution in [3.63, 3.8) is 0 Å². The van der Waals surface area contributed by atoms with Crippen LogP contribution >= 0.6 is 0 Å². The molecule has 20 heavy (non-hydrogen) atoms. The summed E-state index contributed by atoms with van der Waals surface area (Å²) in [4.78, 5) is 10.7. The highest BCUT2D eigenvalue weighted by molar-refractivity contribution is 5.98. The Hall–Kier alpha value is -2.63. The number of aromatic nitrogens is 2. The molecule has 104 valence electrons. The van der Waals surface area contributed by atoms with Gasteiger partial charge in [-0.1, -0.05) is 0 Å². The third kappa shape index (κ3) is 3.23. The summed E-state index contributed by atoms with van der Waals surface area (Å²) < 4.78 is 1.83. The summed E-state index contributed by atoms with van der Waals surface area (Å²) in [6.07, 6.45) is 3.69. The SMILES string of the molecule is CCn1cc(C(C)=NNc2ccc(C(=O)O)cc2)cn1. The summed E-state index contributed by atoms with van der Waals surface area (Å²) in [5, 5.41) is 17.2. The van der Waals surface area contributed by atoms with Crippen LogP contribution in [-0.2, 0) is 6.54 Å². The van der Waals surface area contributed by atoms with Gasteiger partial charge in [0.2, 0.25) is 0 Å². The van der Waals surface area contributed by atoms with Crippen molar-refractivity contribution >= 4 is 17.4 Å². The molecule has 0 aliphatic carbocycles. The van der Waals surface area contributed by atoms with E-state index in [4.69, 9.17) is 5.11 Å². The Morgan fingerprint density at radius 2 is 2.05 bits per heavy atom. The standard InChI is InChI=1S/C14H16N4O2/c1-3-18-9-12(8-15-18)10(2)16-17-13-6-4-11(5-7-13)14(19)20/h4-9,17H,3H2,1-2H3,(H,19,20). The number of aromatic carboxylic acids is 1. The van der Waals surface area contributed by atoms with Crippen molar-refractivity contribution in [2.45, 2.75) is 20.4 Å². The summed E-state index contributed by atoms with van der Waals surface area (Å²) in [5.41, 5.74) is 5.64. The molecule has 0 aliphatic rings. The van der Waals surface area contributed by atoms with Gasteiger partial charge in [-0.05, 0) is 38.1 Å². The number of rotatable bonds is 5. The van der Waals surface area contributed by atoms with E-state index < -0.39 is 5.97 Å². The first-order chi connectivity index (χ1) is 9.60. The molecule has 6 nitrogen and oxygen atoms in total. The molecule has 0 unspecified atom stereocenters. The van der Waals surface area contributed by atoms with Crippen LogP contribution in [0.15, 0.2) is 41.8 Å². The summed E-state index contributed by atoms with van der Waals surface area (Å²) in [6.45, 7) is 4.72. The van der Waals surface area contributed by atoms with Gasteiger partial charge >= 0.3 is 5.97 Å². The molecule has 6 heteroatoms. The van der Waals surface area contributed by atoms with Gasteiger partial charge in [0.1, 0.15) is 0 Å². The topological polar surface area (TPSA) is 79.5 Å². The predicted octanol–water partition coefficient (Wildman–Crippen LogP) is 2.44. The second-order valence-corrected chi connectivity index (χ2v) is 4.28. The van der Waals surface area contributed by atoms with Crippen molar-refractivity contribution in [3.8, 4) is 0 Å². The smallest absolute Gasteiger partial charge is 0.335 e. The molecule has 2 N–H and O–H groups in total. The zero-order valence-electron chi connectivity index (χ0n) is 11.4. The Balaban J connectivity index is 2.06. The lowest BCUT2D eigenvalue weighted by molar-refractivity contribution is 0.0697. The molecule has 0 saturated heterocycles. The molecule has 0 amide bonds. The van der Waals surface area contributed by atoms with E-state index >= 15 is 0 Å². The number of nitrogens with zero attached hydrogens (tertiary/aromatic N) is 3. The van der Waals surface area contributed by atoms with E-state index in [-0.39, 0.29) is 5.56 Å². The van der Waals surface area contributed by atoms with Crippen LogP contribution in [0, 0.1) is 0 Å². The molecule has 0 atom stereocenters. The van der Waals surface area contributed by atoms with Crippen molar-refractivity contribution in [2.24, 2.45) is 5.10 Å². The van der Waals surface area contributed by atoms with Gasteiger partial charge in [0.15, 0.2) is 0 Å². The van der Waals surface area contributed by atoms with Crippen LogP contribution in [0.4, 0.5) is 5.69 Å². The van der Waals surface area contributed by atoms with Gasteiger partial charge in [0.25, 0.3) is 0 Å². The number of hydrazone groups is 1. The third-order valence-electron chi connectivity index (χ3n) is 2.86. The average Bonchev–Trinajstić information content (AvgIpc) is 2.94. The summed E-state index contributed by atoms with van der Waals surface area (Å²) in [7, 11) is 0. The van der Waals surface area contributed by atoms with E-state index in [1.807, 2.05) is 24.7 Å². The van der Waals surface area contributed by atoms with Crippen molar-refractivity contribution in [2.75, 3.05) is 5.43 Å². The van der Waals surface area contributed by atoms with Gasteiger partial charge < -0.3 is 5.11 Å². The average molecular weight is 272 g/mol. The molecular weight excluding hydrogens is 256 g/mol. The minimum atomic E-state index is -0.941. The Kier molecular flexibility index (Phi) is 4.14. The molecule has 1 heterocycles. The lowest BCUT2D eigenvalue weighted by atomic mass is 10.2. The van der Waals surface area contributed by atoms with Gasteiger partial charge in [-0.3, -0.25) is 10.1 Å².